The number of hydrogen-bond donors (Lipinski definition) is 0. The molecule has 0 unspecified atom stereocenters. The van der Waals surface area contributed by atoms with Crippen LogP contribution in [0.5, 0.6) is 0 Å². The lowest BCUT2D eigenvalue weighted by Crippen LogP contribution is -2.30. The molecule has 3 rings (SSSR count). The predicted molar refractivity (Wildman–Crippen MR) is 95.3 cm³/mol. The summed E-state index contributed by atoms with van der Waals surface area (Å²) >= 11 is 3.42. The first-order valence-corrected chi connectivity index (χ1v) is 9.37. The molecule has 6 heteroatoms. The molecule has 128 valence electrons. The number of amides is 1. The number of nitrogens with zero attached hydrogens (tertiary/aromatic N) is 3. The second-order valence-electron chi connectivity index (χ2n) is 6.17. The summed E-state index contributed by atoms with van der Waals surface area (Å²) in [5.41, 5.74) is 0.909. The van der Waals surface area contributed by atoms with Gasteiger partial charge in [-0.2, -0.15) is 4.98 Å². The van der Waals surface area contributed by atoms with Crippen LogP contribution in [0, 0.1) is 0 Å². The van der Waals surface area contributed by atoms with Gasteiger partial charge in [-0.25, -0.2) is 0 Å². The molecule has 0 spiro atoms. The van der Waals surface area contributed by atoms with Crippen molar-refractivity contribution in [3.63, 3.8) is 0 Å². The molecule has 1 aromatic heterocycles. The Hall–Kier alpha value is -1.69. The van der Waals surface area contributed by atoms with Gasteiger partial charge in [-0.15, -0.1) is 0 Å². The summed E-state index contributed by atoms with van der Waals surface area (Å²) < 4.78 is 6.48. The highest BCUT2D eigenvalue weighted by Gasteiger charge is 2.33. The van der Waals surface area contributed by atoms with Crippen molar-refractivity contribution in [1.82, 2.24) is 15.0 Å². The molecule has 1 amide bonds. The molecule has 2 heterocycles. The zero-order chi connectivity index (χ0) is 16.9. The van der Waals surface area contributed by atoms with E-state index in [9.17, 15) is 4.79 Å². The average molecular weight is 392 g/mol. The van der Waals surface area contributed by atoms with E-state index in [1.54, 1.807) is 0 Å². The SMILES string of the molecule is CCCCCC(=O)N1CCC[C@H]1c1nc(-c2ccc(Br)cc2)no1. The quantitative estimate of drug-likeness (QED) is 0.666. The molecule has 1 saturated heterocycles. The number of carbonyl (C=O) groups excluding carboxylic acids is 1. The van der Waals surface area contributed by atoms with Crippen molar-refractivity contribution in [2.24, 2.45) is 0 Å². The fourth-order valence-electron chi connectivity index (χ4n) is 3.08. The van der Waals surface area contributed by atoms with Gasteiger partial charge in [-0.1, -0.05) is 40.9 Å². The molecule has 1 aliphatic rings. The van der Waals surface area contributed by atoms with Gasteiger partial charge in [0.15, 0.2) is 0 Å². The Morgan fingerprint density at radius 2 is 2.12 bits per heavy atom. The van der Waals surface area contributed by atoms with Crippen LogP contribution < -0.4 is 0 Å². The van der Waals surface area contributed by atoms with Crippen LogP contribution in [0.2, 0.25) is 0 Å². The lowest BCUT2D eigenvalue weighted by atomic mass is 10.1. The summed E-state index contributed by atoms with van der Waals surface area (Å²) in [6.45, 7) is 2.93. The van der Waals surface area contributed by atoms with Crippen LogP contribution >= 0.6 is 15.9 Å². The molecule has 0 N–H and O–H groups in total. The fourth-order valence-corrected chi connectivity index (χ4v) is 3.34. The number of likely N-dealkylation sites (tertiary alicyclic amines) is 1. The summed E-state index contributed by atoms with van der Waals surface area (Å²) in [6.07, 6.45) is 5.65. The fraction of sp³-hybridized carbons (Fsp3) is 0.500. The molecule has 1 aromatic carbocycles. The molecular weight excluding hydrogens is 370 g/mol. The number of halogens is 1. The molecule has 1 fully saturated rings. The van der Waals surface area contributed by atoms with Gasteiger partial charge in [-0.3, -0.25) is 4.79 Å². The number of hydrogen-bond acceptors (Lipinski definition) is 4. The van der Waals surface area contributed by atoms with Gasteiger partial charge >= 0.3 is 0 Å². The molecule has 0 bridgehead atoms. The van der Waals surface area contributed by atoms with E-state index in [1.165, 1.54) is 0 Å². The number of benzene rings is 1. The third-order valence-corrected chi connectivity index (χ3v) is 4.93. The maximum atomic E-state index is 12.4. The lowest BCUT2D eigenvalue weighted by Gasteiger charge is -2.21. The van der Waals surface area contributed by atoms with Crippen LogP contribution in [-0.2, 0) is 4.79 Å². The first kappa shape index (κ1) is 17.1. The van der Waals surface area contributed by atoms with Crippen molar-refractivity contribution in [3.05, 3.63) is 34.6 Å². The molecule has 5 nitrogen and oxygen atoms in total. The number of rotatable bonds is 6. The van der Waals surface area contributed by atoms with Gasteiger partial charge in [-0.05, 0) is 43.5 Å². The van der Waals surface area contributed by atoms with Crippen molar-refractivity contribution in [3.8, 4) is 11.4 Å². The Kier molecular flexibility index (Phi) is 5.66. The highest BCUT2D eigenvalue weighted by Crippen LogP contribution is 2.32. The zero-order valence-corrected chi connectivity index (χ0v) is 15.5. The number of carbonyl (C=O) groups is 1. The maximum absolute atomic E-state index is 12.4. The third-order valence-electron chi connectivity index (χ3n) is 4.40. The molecule has 1 aliphatic heterocycles. The van der Waals surface area contributed by atoms with E-state index in [0.29, 0.717) is 18.1 Å². The van der Waals surface area contributed by atoms with E-state index in [2.05, 4.69) is 33.0 Å². The second-order valence-corrected chi connectivity index (χ2v) is 7.08. The normalized spacial score (nSPS) is 17.4. The Morgan fingerprint density at radius 3 is 2.88 bits per heavy atom. The molecule has 1 atom stereocenters. The summed E-state index contributed by atoms with van der Waals surface area (Å²) in [4.78, 5) is 18.9. The average Bonchev–Trinajstić information content (AvgIpc) is 3.24. The predicted octanol–water partition coefficient (Wildman–Crippen LogP) is 4.74. The number of unbranched alkanes of at least 4 members (excludes halogenated alkanes) is 2. The van der Waals surface area contributed by atoms with Crippen LogP contribution in [0.4, 0.5) is 0 Å². The number of aromatic nitrogens is 2. The van der Waals surface area contributed by atoms with E-state index >= 15 is 0 Å². The second kappa shape index (κ2) is 7.92. The maximum Gasteiger partial charge on any atom is 0.249 e. The van der Waals surface area contributed by atoms with E-state index in [1.807, 2.05) is 29.2 Å². The minimum absolute atomic E-state index is 0.0733. The highest BCUT2D eigenvalue weighted by atomic mass is 79.9. The minimum Gasteiger partial charge on any atom is -0.337 e. The highest BCUT2D eigenvalue weighted by molar-refractivity contribution is 9.10. The minimum atomic E-state index is -0.0733. The first-order valence-electron chi connectivity index (χ1n) is 8.58. The Balaban J connectivity index is 1.71. The van der Waals surface area contributed by atoms with Crippen molar-refractivity contribution in [2.75, 3.05) is 6.54 Å². The van der Waals surface area contributed by atoms with Gasteiger partial charge in [0, 0.05) is 23.0 Å². The molecule has 0 aliphatic carbocycles. The Morgan fingerprint density at radius 1 is 1.33 bits per heavy atom. The van der Waals surface area contributed by atoms with E-state index in [4.69, 9.17) is 4.52 Å². The van der Waals surface area contributed by atoms with Crippen LogP contribution in [0.15, 0.2) is 33.3 Å². The first-order chi connectivity index (χ1) is 11.7. The summed E-state index contributed by atoms with van der Waals surface area (Å²) in [6, 6.07) is 7.72. The largest absolute Gasteiger partial charge is 0.337 e. The van der Waals surface area contributed by atoms with Crippen molar-refractivity contribution in [1.29, 1.82) is 0 Å². The molecule has 24 heavy (non-hydrogen) atoms. The summed E-state index contributed by atoms with van der Waals surface area (Å²) in [5.74, 6) is 1.33. The molecule has 0 saturated carbocycles. The monoisotopic (exact) mass is 391 g/mol. The van der Waals surface area contributed by atoms with Gasteiger partial charge in [0.05, 0.1) is 0 Å². The van der Waals surface area contributed by atoms with E-state index < -0.39 is 0 Å². The topological polar surface area (TPSA) is 59.2 Å². The van der Waals surface area contributed by atoms with E-state index in [-0.39, 0.29) is 11.9 Å². The molecule has 0 radical (unpaired) electrons. The van der Waals surface area contributed by atoms with Crippen LogP contribution in [-0.4, -0.2) is 27.5 Å². The van der Waals surface area contributed by atoms with Gasteiger partial charge < -0.3 is 9.42 Å². The molecular formula is C18H22BrN3O2. The third kappa shape index (κ3) is 3.86. The Labute approximate surface area is 150 Å². The smallest absolute Gasteiger partial charge is 0.249 e. The molecule has 2 aromatic rings. The standard InChI is InChI=1S/C18H22BrN3O2/c1-2-3-4-7-16(23)22-12-5-6-15(22)18-20-17(21-24-18)13-8-10-14(19)11-9-13/h8-11,15H,2-7,12H2,1H3/t15-/m0/s1. The summed E-state index contributed by atoms with van der Waals surface area (Å²) in [7, 11) is 0. The van der Waals surface area contributed by atoms with Crippen LogP contribution in [0.25, 0.3) is 11.4 Å². The van der Waals surface area contributed by atoms with Crippen molar-refractivity contribution < 1.29 is 9.32 Å². The lowest BCUT2D eigenvalue weighted by molar-refractivity contribution is -0.132. The van der Waals surface area contributed by atoms with Crippen molar-refractivity contribution in [2.45, 2.75) is 51.5 Å². The summed E-state index contributed by atoms with van der Waals surface area (Å²) in [5, 5.41) is 4.09. The van der Waals surface area contributed by atoms with Crippen LogP contribution in [0.1, 0.15) is 57.4 Å². The van der Waals surface area contributed by atoms with E-state index in [0.717, 1.165) is 48.7 Å². The van der Waals surface area contributed by atoms with Crippen LogP contribution in [0.3, 0.4) is 0 Å². The van der Waals surface area contributed by atoms with Gasteiger partial charge in [0.25, 0.3) is 0 Å². The van der Waals surface area contributed by atoms with Crippen molar-refractivity contribution >= 4 is 21.8 Å². The Bertz CT molecular complexity index is 684. The van der Waals surface area contributed by atoms with Gasteiger partial charge in [0.1, 0.15) is 6.04 Å². The zero-order valence-electron chi connectivity index (χ0n) is 13.9. The van der Waals surface area contributed by atoms with Gasteiger partial charge in [0.2, 0.25) is 17.6 Å².